The van der Waals surface area contributed by atoms with Gasteiger partial charge in [0.15, 0.2) is 6.10 Å². The highest BCUT2D eigenvalue weighted by Crippen LogP contribution is 2.18. The molecule has 1 unspecified atom stereocenters. The van der Waals surface area contributed by atoms with Crippen LogP contribution < -0.4 is 0 Å². The number of carbonyl (C=O) groups is 3. The topological polar surface area (TPSA) is 78.9 Å². The van der Waals surface area contributed by atoms with Gasteiger partial charge in [-0.3, -0.25) is 14.4 Å². The van der Waals surface area contributed by atoms with Crippen LogP contribution in [0.2, 0.25) is 0 Å². The number of rotatable bonds is 65. The van der Waals surface area contributed by atoms with Gasteiger partial charge in [0.05, 0.1) is 0 Å². The number of hydrogen-bond acceptors (Lipinski definition) is 6. The molecule has 1 atom stereocenters. The number of allylic oxidation sites excluding steroid dienone is 14. The van der Waals surface area contributed by atoms with E-state index in [1.54, 1.807) is 0 Å². The molecule has 0 N–H and O–H groups in total. The highest BCUT2D eigenvalue weighted by Gasteiger charge is 2.19. The minimum Gasteiger partial charge on any atom is -0.462 e. The molecule has 0 spiro atoms. The molecule has 6 nitrogen and oxygen atoms in total. The molecular formula is C76H134O6. The van der Waals surface area contributed by atoms with Crippen LogP contribution in [-0.2, 0) is 28.6 Å². The molecular weight excluding hydrogens is 1010 g/mol. The molecule has 0 fully saturated rings. The van der Waals surface area contributed by atoms with Crippen molar-refractivity contribution in [2.45, 2.75) is 367 Å². The minimum atomic E-state index is -0.789. The molecule has 0 aromatic heterocycles. The third kappa shape index (κ3) is 67.4. The molecule has 0 aromatic carbocycles. The Hall–Kier alpha value is -3.41. The van der Waals surface area contributed by atoms with E-state index in [9.17, 15) is 14.4 Å². The Labute approximate surface area is 509 Å². The molecule has 0 aliphatic rings. The third-order valence-electron chi connectivity index (χ3n) is 15.6. The Bertz CT molecular complexity index is 1550. The summed E-state index contributed by atoms with van der Waals surface area (Å²) in [5.74, 6) is -0.893. The first-order chi connectivity index (χ1) is 40.5. The molecule has 474 valence electrons. The molecule has 0 saturated heterocycles. The first kappa shape index (κ1) is 78.6. The van der Waals surface area contributed by atoms with Crippen molar-refractivity contribution in [2.75, 3.05) is 13.2 Å². The van der Waals surface area contributed by atoms with E-state index in [4.69, 9.17) is 14.2 Å². The average molecular weight is 1140 g/mol. The zero-order chi connectivity index (χ0) is 59.2. The summed E-state index contributed by atoms with van der Waals surface area (Å²) in [6.07, 6.45) is 93.5. The van der Waals surface area contributed by atoms with Crippen LogP contribution in [0.4, 0.5) is 0 Å². The monoisotopic (exact) mass is 1140 g/mol. The summed E-state index contributed by atoms with van der Waals surface area (Å²) in [5.41, 5.74) is 0. The van der Waals surface area contributed by atoms with E-state index in [0.29, 0.717) is 19.3 Å². The second-order valence-corrected chi connectivity index (χ2v) is 23.8. The summed E-state index contributed by atoms with van der Waals surface area (Å²) in [6.45, 7) is 6.54. The molecule has 0 amide bonds. The van der Waals surface area contributed by atoms with Crippen LogP contribution in [0.25, 0.3) is 0 Å². The standard InChI is InChI=1S/C76H134O6/c1-4-7-10-13-16-19-22-24-26-28-30-32-34-35-36-37-38-39-40-41-43-44-46-48-50-52-54-57-60-63-66-69-75(78)81-72-73(71-80-74(77)68-65-62-59-56-21-18-15-12-9-6-3)82-76(79)70-67-64-61-58-55-53-51-49-47-45-42-33-31-29-27-25-23-20-17-14-11-8-5-2/h8,11,17,20,25,27-28,30-31,33,45,47,51,53,73H,4-7,9-10,12-16,18-19,21-24,26,29,32,34-44,46,48-50,52,54-72H2,1-3H3/b11-8-,20-17-,27-25-,30-28-,33-31-,47-45-,53-51-. The van der Waals surface area contributed by atoms with Gasteiger partial charge in [-0.15, -0.1) is 0 Å². The first-order valence-electron chi connectivity index (χ1n) is 35.6. The Morgan fingerprint density at radius 3 is 0.756 bits per heavy atom. The van der Waals surface area contributed by atoms with Crippen molar-refractivity contribution in [3.63, 3.8) is 0 Å². The minimum absolute atomic E-state index is 0.0832. The number of unbranched alkanes of at least 4 members (excludes halogenated alkanes) is 40. The smallest absolute Gasteiger partial charge is 0.306 e. The van der Waals surface area contributed by atoms with Gasteiger partial charge in [-0.2, -0.15) is 0 Å². The molecule has 0 aliphatic heterocycles. The fourth-order valence-electron chi connectivity index (χ4n) is 10.3. The van der Waals surface area contributed by atoms with Crippen molar-refractivity contribution < 1.29 is 28.6 Å². The van der Waals surface area contributed by atoms with Crippen molar-refractivity contribution in [2.24, 2.45) is 0 Å². The molecule has 6 heteroatoms. The van der Waals surface area contributed by atoms with E-state index < -0.39 is 6.10 Å². The van der Waals surface area contributed by atoms with Crippen LogP contribution in [0.1, 0.15) is 361 Å². The molecule has 0 bridgehead atoms. The molecule has 0 rings (SSSR count). The number of esters is 3. The fraction of sp³-hybridized carbons (Fsp3) is 0.776. The normalized spacial score (nSPS) is 12.6. The van der Waals surface area contributed by atoms with E-state index in [2.05, 4.69) is 106 Å². The van der Waals surface area contributed by atoms with Gasteiger partial charge in [0.1, 0.15) is 13.2 Å². The van der Waals surface area contributed by atoms with E-state index in [1.165, 1.54) is 212 Å². The van der Waals surface area contributed by atoms with E-state index in [-0.39, 0.29) is 31.1 Å². The van der Waals surface area contributed by atoms with Gasteiger partial charge >= 0.3 is 17.9 Å². The predicted octanol–water partition coefficient (Wildman–Crippen LogP) is 24.6. The largest absolute Gasteiger partial charge is 0.462 e. The van der Waals surface area contributed by atoms with Crippen LogP contribution in [0.5, 0.6) is 0 Å². The van der Waals surface area contributed by atoms with Gasteiger partial charge in [0.2, 0.25) is 0 Å². The van der Waals surface area contributed by atoms with Crippen molar-refractivity contribution in [3.8, 4) is 0 Å². The van der Waals surface area contributed by atoms with Gasteiger partial charge in [-0.05, 0) is 96.3 Å². The van der Waals surface area contributed by atoms with Crippen LogP contribution in [0.3, 0.4) is 0 Å². The summed E-state index contributed by atoms with van der Waals surface area (Å²) in [4.78, 5) is 38.3. The second-order valence-electron chi connectivity index (χ2n) is 23.8. The van der Waals surface area contributed by atoms with Gasteiger partial charge in [-0.25, -0.2) is 0 Å². The van der Waals surface area contributed by atoms with Crippen molar-refractivity contribution >= 4 is 17.9 Å². The zero-order valence-electron chi connectivity index (χ0n) is 54.5. The lowest BCUT2D eigenvalue weighted by Gasteiger charge is -2.18. The highest BCUT2D eigenvalue weighted by atomic mass is 16.6. The van der Waals surface area contributed by atoms with Crippen LogP contribution in [0.15, 0.2) is 85.1 Å². The van der Waals surface area contributed by atoms with Gasteiger partial charge < -0.3 is 14.2 Å². The lowest BCUT2D eigenvalue weighted by molar-refractivity contribution is -0.167. The van der Waals surface area contributed by atoms with Crippen LogP contribution in [0, 0.1) is 0 Å². The summed E-state index contributed by atoms with van der Waals surface area (Å²) in [6, 6.07) is 0. The van der Waals surface area contributed by atoms with Crippen LogP contribution in [-0.4, -0.2) is 37.2 Å². The fourth-order valence-corrected chi connectivity index (χ4v) is 10.3. The zero-order valence-corrected chi connectivity index (χ0v) is 54.5. The Balaban J connectivity index is 4.18. The lowest BCUT2D eigenvalue weighted by atomic mass is 10.0. The maximum Gasteiger partial charge on any atom is 0.306 e. The van der Waals surface area contributed by atoms with Crippen molar-refractivity contribution in [1.82, 2.24) is 0 Å². The Morgan fingerprint density at radius 1 is 0.256 bits per heavy atom. The maximum atomic E-state index is 12.9. The van der Waals surface area contributed by atoms with E-state index in [0.717, 1.165) is 109 Å². The Kier molecular flexibility index (Phi) is 67.2. The quantitative estimate of drug-likeness (QED) is 0.0261. The van der Waals surface area contributed by atoms with Crippen LogP contribution >= 0.6 is 0 Å². The van der Waals surface area contributed by atoms with Gasteiger partial charge in [0.25, 0.3) is 0 Å². The average Bonchev–Trinajstić information content (AvgIpc) is 3.47. The molecule has 0 heterocycles. The SMILES string of the molecule is CC/C=C\C/C=C\C/C=C\C/C=C\C/C=C\C/C=C\CCCCCCC(=O)OC(COC(=O)CCCCCCCCCCCC)COC(=O)CCCCCCCCCCCCCCCCCCCCC/C=C\CCCCCCCCCC. The molecule has 0 radical (unpaired) electrons. The van der Waals surface area contributed by atoms with E-state index in [1.807, 2.05) is 0 Å². The summed E-state index contributed by atoms with van der Waals surface area (Å²) >= 11 is 0. The molecule has 0 saturated carbocycles. The molecule has 0 aliphatic carbocycles. The highest BCUT2D eigenvalue weighted by molar-refractivity contribution is 5.71. The molecule has 0 aromatic rings. The maximum absolute atomic E-state index is 12.9. The third-order valence-corrected chi connectivity index (χ3v) is 15.6. The van der Waals surface area contributed by atoms with Gasteiger partial charge in [-0.1, -0.05) is 331 Å². The van der Waals surface area contributed by atoms with E-state index >= 15 is 0 Å². The second kappa shape index (κ2) is 70.1. The predicted molar refractivity (Wildman–Crippen MR) is 358 cm³/mol. The number of hydrogen-bond donors (Lipinski definition) is 0. The number of ether oxygens (including phenoxy) is 3. The Morgan fingerprint density at radius 2 is 0.476 bits per heavy atom. The molecule has 82 heavy (non-hydrogen) atoms. The number of carbonyl (C=O) groups excluding carboxylic acids is 3. The lowest BCUT2D eigenvalue weighted by Crippen LogP contribution is -2.30. The summed E-state index contributed by atoms with van der Waals surface area (Å²) in [7, 11) is 0. The van der Waals surface area contributed by atoms with Crippen molar-refractivity contribution in [1.29, 1.82) is 0 Å². The van der Waals surface area contributed by atoms with Gasteiger partial charge in [0, 0.05) is 19.3 Å². The first-order valence-corrected chi connectivity index (χ1v) is 35.6. The summed E-state index contributed by atoms with van der Waals surface area (Å²) < 4.78 is 16.9. The van der Waals surface area contributed by atoms with Crippen molar-refractivity contribution in [3.05, 3.63) is 85.1 Å². The summed E-state index contributed by atoms with van der Waals surface area (Å²) in [5, 5.41) is 0.